The van der Waals surface area contributed by atoms with Crippen molar-refractivity contribution in [3.05, 3.63) is 59.9 Å². The highest BCUT2D eigenvalue weighted by atomic mass is 16.2. The molecule has 1 aliphatic rings. The third-order valence-corrected chi connectivity index (χ3v) is 4.81. The second kappa shape index (κ2) is 9.07. The van der Waals surface area contributed by atoms with Crippen LogP contribution >= 0.6 is 0 Å². The lowest BCUT2D eigenvalue weighted by Gasteiger charge is -2.20. The minimum absolute atomic E-state index is 0.109. The van der Waals surface area contributed by atoms with Gasteiger partial charge in [0.05, 0.1) is 5.71 Å². The molecular weight excluding hydrogens is 340 g/mol. The Labute approximate surface area is 159 Å². The van der Waals surface area contributed by atoms with Crippen LogP contribution in [0.25, 0.3) is 0 Å². The van der Waals surface area contributed by atoms with E-state index in [1.165, 1.54) is 6.42 Å². The summed E-state index contributed by atoms with van der Waals surface area (Å²) in [4.78, 5) is 28.2. The number of aromatic nitrogens is 1. The predicted octanol–water partition coefficient (Wildman–Crippen LogP) is 3.75. The number of hydrogen-bond acceptors (Lipinski definition) is 4. The second-order valence-electron chi connectivity index (χ2n) is 6.78. The van der Waals surface area contributed by atoms with Crippen LogP contribution in [-0.2, 0) is 4.79 Å². The molecule has 0 aliphatic heterocycles. The summed E-state index contributed by atoms with van der Waals surface area (Å²) in [6, 6.07) is 10.7. The monoisotopic (exact) mass is 364 g/mol. The molecule has 0 radical (unpaired) electrons. The van der Waals surface area contributed by atoms with Crippen molar-refractivity contribution in [3.8, 4) is 0 Å². The quantitative estimate of drug-likeness (QED) is 0.626. The van der Waals surface area contributed by atoms with E-state index < -0.39 is 0 Å². The van der Waals surface area contributed by atoms with E-state index in [0.717, 1.165) is 36.9 Å². The number of nitrogens with zero attached hydrogens (tertiary/aromatic N) is 2. The van der Waals surface area contributed by atoms with E-state index in [1.54, 1.807) is 24.5 Å². The normalized spacial score (nSPS) is 15.2. The van der Waals surface area contributed by atoms with Gasteiger partial charge in [-0.15, -0.1) is 0 Å². The molecule has 0 saturated heterocycles. The van der Waals surface area contributed by atoms with E-state index in [4.69, 9.17) is 0 Å². The van der Waals surface area contributed by atoms with Crippen molar-refractivity contribution >= 4 is 23.2 Å². The molecule has 2 amide bonds. The van der Waals surface area contributed by atoms with E-state index in [1.807, 2.05) is 31.2 Å². The maximum Gasteiger partial charge on any atom is 0.271 e. The van der Waals surface area contributed by atoms with Crippen LogP contribution in [0, 0.1) is 5.92 Å². The molecule has 1 aliphatic carbocycles. The van der Waals surface area contributed by atoms with E-state index in [2.05, 4.69) is 20.8 Å². The zero-order valence-electron chi connectivity index (χ0n) is 15.4. The molecule has 0 spiro atoms. The van der Waals surface area contributed by atoms with Gasteiger partial charge >= 0.3 is 0 Å². The predicted molar refractivity (Wildman–Crippen MR) is 106 cm³/mol. The number of amides is 2. The first-order chi connectivity index (χ1) is 13.1. The summed E-state index contributed by atoms with van der Waals surface area (Å²) in [6.07, 6.45) is 8.59. The van der Waals surface area contributed by atoms with Gasteiger partial charge in [-0.05, 0) is 49.6 Å². The molecule has 6 nitrogen and oxygen atoms in total. The van der Waals surface area contributed by atoms with Crippen molar-refractivity contribution in [1.29, 1.82) is 0 Å². The third kappa shape index (κ3) is 5.23. The molecule has 140 valence electrons. The fraction of sp³-hybridized carbons (Fsp3) is 0.333. The molecule has 1 aromatic heterocycles. The Balaban J connectivity index is 1.57. The lowest BCUT2D eigenvalue weighted by atomic mass is 9.88. The summed E-state index contributed by atoms with van der Waals surface area (Å²) in [5.41, 5.74) is 5.38. The van der Waals surface area contributed by atoms with E-state index in [0.29, 0.717) is 11.3 Å². The maximum atomic E-state index is 12.3. The molecule has 1 fully saturated rings. The van der Waals surface area contributed by atoms with Crippen molar-refractivity contribution in [2.75, 3.05) is 5.32 Å². The van der Waals surface area contributed by atoms with Gasteiger partial charge in [0, 0.05) is 29.6 Å². The SMILES string of the molecule is CC(=NNC(=O)c1ccncc1)c1ccc(NC(=O)C2CCCCC2)cc1. The largest absolute Gasteiger partial charge is 0.326 e. The van der Waals surface area contributed by atoms with Crippen molar-refractivity contribution < 1.29 is 9.59 Å². The highest BCUT2D eigenvalue weighted by molar-refractivity contribution is 6.01. The van der Waals surface area contributed by atoms with E-state index >= 15 is 0 Å². The molecule has 1 heterocycles. The molecule has 27 heavy (non-hydrogen) atoms. The minimum Gasteiger partial charge on any atom is -0.326 e. The summed E-state index contributed by atoms with van der Waals surface area (Å²) in [7, 11) is 0. The molecule has 2 aromatic rings. The highest BCUT2D eigenvalue weighted by Crippen LogP contribution is 2.25. The van der Waals surface area contributed by atoms with Crippen LogP contribution in [0.3, 0.4) is 0 Å². The standard InChI is InChI=1S/C21H24N4O2/c1-15(24-25-21(27)18-11-13-22-14-12-18)16-7-9-19(10-8-16)23-20(26)17-5-3-2-4-6-17/h7-14,17H,2-6H2,1H3,(H,23,26)(H,25,27). The van der Waals surface area contributed by atoms with Crippen molar-refractivity contribution in [2.45, 2.75) is 39.0 Å². The van der Waals surface area contributed by atoms with Gasteiger partial charge in [-0.1, -0.05) is 31.4 Å². The Morgan fingerprint density at radius 2 is 1.63 bits per heavy atom. The number of carbonyl (C=O) groups is 2. The fourth-order valence-corrected chi connectivity index (χ4v) is 3.17. The van der Waals surface area contributed by atoms with E-state index in [-0.39, 0.29) is 17.7 Å². The average molecular weight is 364 g/mol. The number of hydrogen-bond donors (Lipinski definition) is 2. The van der Waals surface area contributed by atoms with Gasteiger partial charge in [0.25, 0.3) is 5.91 Å². The summed E-state index contributed by atoms with van der Waals surface area (Å²) in [6.45, 7) is 1.82. The summed E-state index contributed by atoms with van der Waals surface area (Å²) >= 11 is 0. The first kappa shape index (κ1) is 18.8. The first-order valence-electron chi connectivity index (χ1n) is 9.29. The molecule has 3 rings (SSSR count). The number of nitrogens with one attached hydrogen (secondary N) is 2. The zero-order chi connectivity index (χ0) is 19.1. The fourth-order valence-electron chi connectivity index (χ4n) is 3.17. The Morgan fingerprint density at radius 3 is 2.30 bits per heavy atom. The number of benzene rings is 1. The first-order valence-corrected chi connectivity index (χ1v) is 9.29. The number of rotatable bonds is 5. The Morgan fingerprint density at radius 1 is 0.963 bits per heavy atom. The van der Waals surface area contributed by atoms with Gasteiger partial charge in [0.2, 0.25) is 5.91 Å². The molecule has 1 aromatic carbocycles. The summed E-state index contributed by atoms with van der Waals surface area (Å²) in [5, 5.41) is 7.14. The smallest absolute Gasteiger partial charge is 0.271 e. The number of anilines is 1. The van der Waals surface area contributed by atoms with Gasteiger partial charge in [-0.3, -0.25) is 14.6 Å². The third-order valence-electron chi connectivity index (χ3n) is 4.81. The van der Waals surface area contributed by atoms with Crippen LogP contribution in [0.5, 0.6) is 0 Å². The molecule has 1 saturated carbocycles. The van der Waals surface area contributed by atoms with Gasteiger partial charge in [-0.25, -0.2) is 5.43 Å². The lowest BCUT2D eigenvalue weighted by molar-refractivity contribution is -0.120. The Bertz CT molecular complexity index is 810. The average Bonchev–Trinajstić information content (AvgIpc) is 2.73. The van der Waals surface area contributed by atoms with Crippen molar-refractivity contribution in [1.82, 2.24) is 10.4 Å². The molecule has 0 unspecified atom stereocenters. The maximum absolute atomic E-state index is 12.3. The van der Waals surface area contributed by atoms with Crippen LogP contribution in [-0.4, -0.2) is 22.5 Å². The molecule has 2 N–H and O–H groups in total. The topological polar surface area (TPSA) is 83.4 Å². The minimum atomic E-state index is -0.284. The van der Waals surface area contributed by atoms with Gasteiger partial charge in [0.15, 0.2) is 0 Å². The zero-order valence-corrected chi connectivity index (χ0v) is 15.4. The van der Waals surface area contributed by atoms with Gasteiger partial charge in [-0.2, -0.15) is 5.10 Å². The van der Waals surface area contributed by atoms with Crippen LogP contribution in [0.1, 0.15) is 54.9 Å². The molecule has 0 bridgehead atoms. The number of carbonyl (C=O) groups excluding carboxylic acids is 2. The van der Waals surface area contributed by atoms with Crippen LogP contribution < -0.4 is 10.7 Å². The van der Waals surface area contributed by atoms with Crippen LogP contribution in [0.2, 0.25) is 0 Å². The van der Waals surface area contributed by atoms with Crippen molar-refractivity contribution in [2.24, 2.45) is 11.0 Å². The lowest BCUT2D eigenvalue weighted by Crippen LogP contribution is -2.24. The van der Waals surface area contributed by atoms with Gasteiger partial charge in [0.1, 0.15) is 0 Å². The van der Waals surface area contributed by atoms with Crippen molar-refractivity contribution in [3.63, 3.8) is 0 Å². The Kier molecular flexibility index (Phi) is 6.30. The molecule has 6 heteroatoms. The van der Waals surface area contributed by atoms with Gasteiger partial charge < -0.3 is 5.32 Å². The number of hydrazone groups is 1. The molecular formula is C21H24N4O2. The number of pyridine rings is 1. The second-order valence-corrected chi connectivity index (χ2v) is 6.78. The van der Waals surface area contributed by atoms with Crippen LogP contribution in [0.4, 0.5) is 5.69 Å². The highest BCUT2D eigenvalue weighted by Gasteiger charge is 2.20. The van der Waals surface area contributed by atoms with Crippen LogP contribution in [0.15, 0.2) is 53.9 Å². The van der Waals surface area contributed by atoms with E-state index in [9.17, 15) is 9.59 Å². The Hall–Kier alpha value is -3.02. The molecule has 0 atom stereocenters. The summed E-state index contributed by atoms with van der Waals surface area (Å²) in [5.74, 6) is -0.0457. The summed E-state index contributed by atoms with van der Waals surface area (Å²) < 4.78 is 0.